The number of rotatable bonds is 7. The first-order valence-electron chi connectivity index (χ1n) is 9.45. The third-order valence-corrected chi connectivity index (χ3v) is 6.12. The molecule has 3 rings (SSSR count). The number of aryl methyl sites for hydroxylation is 2. The summed E-state index contributed by atoms with van der Waals surface area (Å²) in [6.07, 6.45) is 0.695. The van der Waals surface area contributed by atoms with Crippen molar-refractivity contribution < 1.29 is 9.72 Å². The summed E-state index contributed by atoms with van der Waals surface area (Å²) in [5.41, 5.74) is 2.69. The molecular weight excluding hydrogens is 459 g/mol. The molecule has 1 amide bonds. The van der Waals surface area contributed by atoms with Crippen LogP contribution in [-0.4, -0.2) is 47.9 Å². The molecule has 1 aromatic heterocycles. The number of aromatic nitrogens is 1. The maximum Gasteiger partial charge on any atom is 0.282 e. The predicted octanol–water partition coefficient (Wildman–Crippen LogP) is 5.50. The minimum atomic E-state index is -0.562. The number of hydrogen-bond acceptors (Lipinski definition) is 6. The molecule has 0 fully saturated rings. The fourth-order valence-corrected chi connectivity index (χ4v) is 4.51. The van der Waals surface area contributed by atoms with Crippen LogP contribution >= 0.6 is 35.3 Å². The molecule has 0 saturated carbocycles. The number of nitrogens with zero attached hydrogens (tertiary/aromatic N) is 4. The quantitative estimate of drug-likeness (QED) is 0.328. The highest BCUT2D eigenvalue weighted by Gasteiger charge is 2.28. The number of nitro groups is 1. The first-order chi connectivity index (χ1) is 14.2. The number of benzene rings is 2. The second kappa shape index (κ2) is 10.4. The van der Waals surface area contributed by atoms with E-state index in [0.29, 0.717) is 18.1 Å². The third kappa shape index (κ3) is 5.71. The number of halogens is 2. The standard InChI is InChI=1S/C21H23ClN4O3S.ClH/c1-13-10-14(2)19-17(11-13)23-21(30-19)25(9-5-8-24(3)4)20(27)16-12-15(22)6-7-18(16)26(28)29;/h6-7,10-12H,5,8-9H2,1-4H3;1H. The smallest absolute Gasteiger partial charge is 0.282 e. The molecule has 0 aliphatic rings. The van der Waals surface area contributed by atoms with E-state index >= 15 is 0 Å². The molecule has 1 heterocycles. The minimum absolute atomic E-state index is 0. The maximum atomic E-state index is 13.4. The molecule has 0 N–H and O–H groups in total. The van der Waals surface area contributed by atoms with E-state index in [9.17, 15) is 14.9 Å². The number of amides is 1. The molecule has 10 heteroatoms. The van der Waals surface area contributed by atoms with Gasteiger partial charge in [0.15, 0.2) is 5.13 Å². The average molecular weight is 483 g/mol. The summed E-state index contributed by atoms with van der Waals surface area (Å²) in [7, 11) is 3.91. The van der Waals surface area contributed by atoms with Crippen LogP contribution in [0.1, 0.15) is 27.9 Å². The van der Waals surface area contributed by atoms with Gasteiger partial charge in [-0.25, -0.2) is 4.98 Å². The highest BCUT2D eigenvalue weighted by atomic mass is 35.5. The predicted molar refractivity (Wildman–Crippen MR) is 129 cm³/mol. The summed E-state index contributed by atoms with van der Waals surface area (Å²) in [6, 6.07) is 8.08. The van der Waals surface area contributed by atoms with E-state index in [4.69, 9.17) is 11.6 Å². The van der Waals surface area contributed by atoms with Gasteiger partial charge in [0.05, 0.1) is 15.1 Å². The van der Waals surface area contributed by atoms with Gasteiger partial charge in [0.25, 0.3) is 11.6 Å². The number of thiazole rings is 1. The second-order valence-electron chi connectivity index (χ2n) is 7.46. The van der Waals surface area contributed by atoms with Gasteiger partial charge in [0, 0.05) is 17.6 Å². The van der Waals surface area contributed by atoms with Crippen LogP contribution < -0.4 is 4.90 Å². The molecule has 0 unspecified atom stereocenters. The molecule has 0 aliphatic carbocycles. The number of fused-ring (bicyclic) bond motifs is 1. The van der Waals surface area contributed by atoms with Crippen molar-refractivity contribution in [2.24, 2.45) is 0 Å². The lowest BCUT2D eigenvalue weighted by atomic mass is 10.1. The Balaban J connectivity index is 0.00000341. The highest BCUT2D eigenvalue weighted by molar-refractivity contribution is 7.22. The Bertz CT molecular complexity index is 1120. The van der Waals surface area contributed by atoms with Gasteiger partial charge in [-0.05, 0) is 70.2 Å². The average Bonchev–Trinajstić information content (AvgIpc) is 3.08. The van der Waals surface area contributed by atoms with Crippen LogP contribution in [0.2, 0.25) is 5.02 Å². The lowest BCUT2D eigenvalue weighted by Gasteiger charge is -2.21. The SMILES string of the molecule is Cc1cc(C)c2sc(N(CCCN(C)C)C(=O)c3cc(Cl)ccc3[N+](=O)[O-])nc2c1.Cl. The fraction of sp³-hybridized carbons (Fsp3) is 0.333. The minimum Gasteiger partial charge on any atom is -0.309 e. The van der Waals surface area contributed by atoms with Crippen molar-refractivity contribution in [2.45, 2.75) is 20.3 Å². The van der Waals surface area contributed by atoms with Gasteiger partial charge in [0.2, 0.25) is 0 Å². The number of carbonyl (C=O) groups is 1. The van der Waals surface area contributed by atoms with E-state index in [2.05, 4.69) is 11.1 Å². The number of carbonyl (C=O) groups excluding carboxylic acids is 1. The summed E-state index contributed by atoms with van der Waals surface area (Å²) in [6.45, 7) is 5.17. The van der Waals surface area contributed by atoms with Crippen molar-refractivity contribution in [3.63, 3.8) is 0 Å². The fourth-order valence-electron chi connectivity index (χ4n) is 3.29. The van der Waals surface area contributed by atoms with Crippen LogP contribution in [0.3, 0.4) is 0 Å². The monoisotopic (exact) mass is 482 g/mol. The highest BCUT2D eigenvalue weighted by Crippen LogP contribution is 2.34. The molecule has 0 bridgehead atoms. The van der Waals surface area contributed by atoms with Crippen molar-refractivity contribution in [1.29, 1.82) is 0 Å². The zero-order valence-corrected chi connectivity index (χ0v) is 20.1. The topological polar surface area (TPSA) is 79.6 Å². The lowest BCUT2D eigenvalue weighted by Crippen LogP contribution is -2.33. The van der Waals surface area contributed by atoms with Gasteiger partial charge in [-0.15, -0.1) is 12.4 Å². The first-order valence-corrected chi connectivity index (χ1v) is 10.6. The van der Waals surface area contributed by atoms with E-state index in [1.165, 1.54) is 34.4 Å². The number of nitro benzene ring substituents is 1. The van der Waals surface area contributed by atoms with Crippen LogP contribution in [0.5, 0.6) is 0 Å². The van der Waals surface area contributed by atoms with Crippen molar-refractivity contribution in [3.8, 4) is 0 Å². The van der Waals surface area contributed by atoms with Gasteiger partial charge in [-0.1, -0.05) is 29.0 Å². The van der Waals surface area contributed by atoms with E-state index in [1.54, 1.807) is 0 Å². The third-order valence-electron chi connectivity index (χ3n) is 4.66. The molecule has 0 radical (unpaired) electrons. The van der Waals surface area contributed by atoms with Crippen LogP contribution in [0.15, 0.2) is 30.3 Å². The van der Waals surface area contributed by atoms with Gasteiger partial charge in [-0.2, -0.15) is 0 Å². The first kappa shape index (κ1) is 25.0. The van der Waals surface area contributed by atoms with Crippen LogP contribution in [0.25, 0.3) is 10.2 Å². The molecule has 7 nitrogen and oxygen atoms in total. The molecule has 0 spiro atoms. The zero-order valence-electron chi connectivity index (χ0n) is 17.7. The Labute approximate surface area is 196 Å². The van der Waals surface area contributed by atoms with Crippen LogP contribution in [0, 0.1) is 24.0 Å². The molecule has 166 valence electrons. The van der Waals surface area contributed by atoms with Gasteiger partial charge in [0.1, 0.15) is 5.56 Å². The number of anilines is 1. The van der Waals surface area contributed by atoms with E-state index in [0.717, 1.165) is 27.9 Å². The Kier molecular flexibility index (Phi) is 8.36. The molecule has 31 heavy (non-hydrogen) atoms. The van der Waals surface area contributed by atoms with Crippen molar-refractivity contribution >= 4 is 62.3 Å². The molecule has 0 atom stereocenters. The number of hydrogen-bond donors (Lipinski definition) is 0. The van der Waals surface area contributed by atoms with E-state index in [-0.39, 0.29) is 28.7 Å². The second-order valence-corrected chi connectivity index (χ2v) is 8.87. The molecule has 3 aromatic rings. The van der Waals surface area contributed by atoms with Crippen LogP contribution in [0.4, 0.5) is 10.8 Å². The van der Waals surface area contributed by atoms with Gasteiger partial charge in [-0.3, -0.25) is 19.8 Å². The lowest BCUT2D eigenvalue weighted by molar-refractivity contribution is -0.385. The molecule has 2 aromatic carbocycles. The summed E-state index contributed by atoms with van der Waals surface area (Å²) in [4.78, 5) is 32.6. The Hall–Kier alpha value is -2.26. The maximum absolute atomic E-state index is 13.4. The zero-order chi connectivity index (χ0) is 22.0. The van der Waals surface area contributed by atoms with Crippen molar-refractivity contribution in [1.82, 2.24) is 9.88 Å². The van der Waals surface area contributed by atoms with E-state index < -0.39 is 10.8 Å². The van der Waals surface area contributed by atoms with Gasteiger partial charge < -0.3 is 4.90 Å². The Morgan fingerprint density at radius 1 is 1.19 bits per heavy atom. The Morgan fingerprint density at radius 2 is 1.90 bits per heavy atom. The van der Waals surface area contributed by atoms with Crippen molar-refractivity contribution in [2.75, 3.05) is 32.1 Å². The molecular formula is C21H24Cl2N4O3S. The van der Waals surface area contributed by atoms with Crippen LogP contribution in [-0.2, 0) is 0 Å². The Morgan fingerprint density at radius 3 is 2.55 bits per heavy atom. The molecule has 0 saturated heterocycles. The van der Waals surface area contributed by atoms with Gasteiger partial charge >= 0.3 is 0 Å². The summed E-state index contributed by atoms with van der Waals surface area (Å²) >= 11 is 7.47. The summed E-state index contributed by atoms with van der Waals surface area (Å²) in [5, 5.41) is 12.3. The molecule has 0 aliphatic heterocycles. The largest absolute Gasteiger partial charge is 0.309 e. The normalized spacial score (nSPS) is 10.9. The summed E-state index contributed by atoms with van der Waals surface area (Å²) < 4.78 is 1.00. The van der Waals surface area contributed by atoms with E-state index in [1.807, 2.05) is 38.9 Å². The van der Waals surface area contributed by atoms with Crippen molar-refractivity contribution in [3.05, 3.63) is 62.2 Å². The summed E-state index contributed by atoms with van der Waals surface area (Å²) in [5.74, 6) is -0.476.